The molecule has 4 nitrogen and oxygen atoms in total. The van der Waals surface area contributed by atoms with Gasteiger partial charge in [0.15, 0.2) is 5.01 Å². The molecule has 0 atom stereocenters. The van der Waals surface area contributed by atoms with E-state index in [1.54, 1.807) is 13.2 Å². The van der Waals surface area contributed by atoms with Gasteiger partial charge in [0.25, 0.3) is 5.91 Å². The molecule has 0 aliphatic carbocycles. The Morgan fingerprint density at radius 2 is 2.17 bits per heavy atom. The zero-order valence-electron chi connectivity index (χ0n) is 10.5. The van der Waals surface area contributed by atoms with Crippen LogP contribution in [-0.4, -0.2) is 18.0 Å². The molecule has 1 aromatic heterocycles. The number of hydrogen-bond acceptors (Lipinski definition) is 4. The summed E-state index contributed by atoms with van der Waals surface area (Å²) in [6.07, 6.45) is 0. The Balaban J connectivity index is 2.15. The van der Waals surface area contributed by atoms with Crippen molar-refractivity contribution in [2.45, 2.75) is 13.8 Å². The average molecular weight is 262 g/mol. The van der Waals surface area contributed by atoms with Crippen LogP contribution >= 0.6 is 11.3 Å². The molecule has 0 fully saturated rings. The molecule has 18 heavy (non-hydrogen) atoms. The summed E-state index contributed by atoms with van der Waals surface area (Å²) < 4.78 is 5.10. The Hall–Kier alpha value is -1.88. The maximum atomic E-state index is 12.0. The second-order valence-corrected chi connectivity index (χ2v) is 5.05. The third-order valence-corrected chi connectivity index (χ3v) is 3.62. The lowest BCUT2D eigenvalue weighted by atomic mass is 10.3. The number of aromatic nitrogens is 1. The van der Waals surface area contributed by atoms with Gasteiger partial charge in [0.1, 0.15) is 5.75 Å². The monoisotopic (exact) mass is 262 g/mol. The third-order valence-electron chi connectivity index (χ3n) is 2.55. The molecular formula is C13H14N2O2S. The molecule has 5 heteroatoms. The minimum absolute atomic E-state index is 0.190. The van der Waals surface area contributed by atoms with Crippen LogP contribution in [0, 0.1) is 13.8 Å². The average Bonchev–Trinajstić information content (AvgIpc) is 2.70. The highest BCUT2D eigenvalue weighted by Gasteiger charge is 2.12. The second-order valence-electron chi connectivity index (χ2n) is 3.85. The minimum atomic E-state index is -0.190. The molecule has 94 valence electrons. The first-order chi connectivity index (χ1) is 8.60. The molecule has 1 heterocycles. The number of nitrogens with one attached hydrogen (secondary N) is 1. The van der Waals surface area contributed by atoms with E-state index in [0.29, 0.717) is 16.4 Å². The number of carbonyl (C=O) groups excluding carboxylic acids is 1. The number of carbonyl (C=O) groups is 1. The van der Waals surface area contributed by atoms with E-state index in [1.165, 1.54) is 11.3 Å². The number of benzene rings is 1. The molecule has 1 N–H and O–H groups in total. The fourth-order valence-electron chi connectivity index (χ4n) is 1.46. The van der Waals surface area contributed by atoms with Crippen molar-refractivity contribution < 1.29 is 9.53 Å². The van der Waals surface area contributed by atoms with Crippen molar-refractivity contribution in [3.63, 3.8) is 0 Å². The van der Waals surface area contributed by atoms with E-state index in [1.807, 2.05) is 32.0 Å². The first kappa shape index (κ1) is 12.6. The predicted octanol–water partition coefficient (Wildman–Crippen LogP) is 3.02. The van der Waals surface area contributed by atoms with Crippen LogP contribution in [0.3, 0.4) is 0 Å². The van der Waals surface area contributed by atoms with E-state index in [4.69, 9.17) is 4.74 Å². The van der Waals surface area contributed by atoms with Crippen molar-refractivity contribution >= 4 is 22.9 Å². The molecule has 1 aromatic carbocycles. The van der Waals surface area contributed by atoms with Gasteiger partial charge in [0.05, 0.1) is 12.8 Å². The summed E-state index contributed by atoms with van der Waals surface area (Å²) in [5.74, 6) is 0.517. The Morgan fingerprint density at radius 1 is 1.39 bits per heavy atom. The van der Waals surface area contributed by atoms with Crippen LogP contribution < -0.4 is 10.1 Å². The number of aryl methyl sites for hydroxylation is 2. The van der Waals surface area contributed by atoms with Gasteiger partial charge < -0.3 is 10.1 Å². The molecule has 0 aliphatic rings. The molecule has 0 bridgehead atoms. The molecule has 0 saturated carbocycles. The standard InChI is InChI=1S/C13H14N2O2S/c1-8-9(2)18-13(14-8)12(16)15-10-5-4-6-11(7-10)17-3/h4-7H,1-3H3,(H,15,16). The molecule has 0 radical (unpaired) electrons. The van der Waals surface area contributed by atoms with Crippen molar-refractivity contribution in [1.82, 2.24) is 4.98 Å². The van der Waals surface area contributed by atoms with E-state index < -0.39 is 0 Å². The number of nitrogens with zero attached hydrogens (tertiary/aromatic N) is 1. The van der Waals surface area contributed by atoms with Gasteiger partial charge in [-0.25, -0.2) is 4.98 Å². The summed E-state index contributed by atoms with van der Waals surface area (Å²) in [4.78, 5) is 17.3. The van der Waals surface area contributed by atoms with E-state index in [2.05, 4.69) is 10.3 Å². The van der Waals surface area contributed by atoms with Gasteiger partial charge in [-0.1, -0.05) is 6.07 Å². The SMILES string of the molecule is COc1cccc(NC(=O)c2nc(C)c(C)s2)c1. The lowest BCUT2D eigenvalue weighted by Gasteiger charge is -2.05. The van der Waals surface area contributed by atoms with Gasteiger partial charge >= 0.3 is 0 Å². The van der Waals surface area contributed by atoms with Crippen molar-refractivity contribution in [2.24, 2.45) is 0 Å². The maximum absolute atomic E-state index is 12.0. The van der Waals surface area contributed by atoms with Gasteiger partial charge in [0.2, 0.25) is 0 Å². The number of hydrogen-bond donors (Lipinski definition) is 1. The van der Waals surface area contributed by atoms with Crippen molar-refractivity contribution in [1.29, 1.82) is 0 Å². The highest BCUT2D eigenvalue weighted by atomic mass is 32.1. The highest BCUT2D eigenvalue weighted by molar-refractivity contribution is 7.13. The second kappa shape index (κ2) is 5.18. The zero-order valence-corrected chi connectivity index (χ0v) is 11.3. The number of rotatable bonds is 3. The minimum Gasteiger partial charge on any atom is -0.497 e. The lowest BCUT2D eigenvalue weighted by molar-refractivity contribution is 0.102. The zero-order chi connectivity index (χ0) is 13.1. The number of ether oxygens (including phenoxy) is 1. The number of amides is 1. The largest absolute Gasteiger partial charge is 0.497 e. The van der Waals surface area contributed by atoms with E-state index in [0.717, 1.165) is 10.6 Å². The quantitative estimate of drug-likeness (QED) is 0.925. The fourth-order valence-corrected chi connectivity index (χ4v) is 2.26. The lowest BCUT2D eigenvalue weighted by Crippen LogP contribution is -2.11. The normalized spacial score (nSPS) is 10.2. The summed E-state index contributed by atoms with van der Waals surface area (Å²) in [7, 11) is 1.59. The van der Waals surface area contributed by atoms with E-state index >= 15 is 0 Å². The first-order valence-corrected chi connectivity index (χ1v) is 6.31. The molecule has 0 spiro atoms. The summed E-state index contributed by atoms with van der Waals surface area (Å²) >= 11 is 1.40. The smallest absolute Gasteiger partial charge is 0.284 e. The van der Waals surface area contributed by atoms with Crippen LogP contribution in [0.25, 0.3) is 0 Å². The number of anilines is 1. The van der Waals surface area contributed by atoms with Crippen LogP contribution in [0.5, 0.6) is 5.75 Å². The Bertz CT molecular complexity index is 559. The van der Waals surface area contributed by atoms with Crippen LogP contribution in [0.4, 0.5) is 5.69 Å². The van der Waals surface area contributed by atoms with Crippen molar-refractivity contribution in [2.75, 3.05) is 12.4 Å². The summed E-state index contributed by atoms with van der Waals surface area (Å²) in [6, 6.07) is 7.24. The molecule has 2 rings (SSSR count). The predicted molar refractivity (Wildman–Crippen MR) is 72.5 cm³/mol. The molecule has 1 amide bonds. The maximum Gasteiger partial charge on any atom is 0.284 e. The number of methoxy groups -OCH3 is 1. The van der Waals surface area contributed by atoms with Crippen LogP contribution in [-0.2, 0) is 0 Å². The Kier molecular flexibility index (Phi) is 3.62. The van der Waals surface area contributed by atoms with Gasteiger partial charge in [0, 0.05) is 16.6 Å². The number of thiazole rings is 1. The highest BCUT2D eigenvalue weighted by Crippen LogP contribution is 2.20. The fraction of sp³-hybridized carbons (Fsp3) is 0.231. The van der Waals surface area contributed by atoms with E-state index in [-0.39, 0.29) is 5.91 Å². The Morgan fingerprint density at radius 3 is 2.78 bits per heavy atom. The molecular weight excluding hydrogens is 248 g/mol. The molecule has 0 saturated heterocycles. The topological polar surface area (TPSA) is 51.2 Å². The van der Waals surface area contributed by atoms with Gasteiger partial charge in [-0.2, -0.15) is 0 Å². The third kappa shape index (κ3) is 2.68. The summed E-state index contributed by atoms with van der Waals surface area (Å²) in [5.41, 5.74) is 1.60. The van der Waals surface area contributed by atoms with Crippen LogP contribution in [0.1, 0.15) is 20.4 Å². The molecule has 0 aliphatic heterocycles. The van der Waals surface area contributed by atoms with E-state index in [9.17, 15) is 4.79 Å². The van der Waals surface area contributed by atoms with Crippen LogP contribution in [0.2, 0.25) is 0 Å². The molecule has 2 aromatic rings. The van der Waals surface area contributed by atoms with Gasteiger partial charge in [-0.15, -0.1) is 11.3 Å². The summed E-state index contributed by atoms with van der Waals surface area (Å²) in [5, 5.41) is 3.28. The van der Waals surface area contributed by atoms with Crippen molar-refractivity contribution in [3.05, 3.63) is 39.8 Å². The Labute approximate surface area is 110 Å². The van der Waals surface area contributed by atoms with Crippen molar-refractivity contribution in [3.8, 4) is 5.75 Å². The van der Waals surface area contributed by atoms with Gasteiger partial charge in [-0.3, -0.25) is 4.79 Å². The van der Waals surface area contributed by atoms with Gasteiger partial charge in [-0.05, 0) is 26.0 Å². The first-order valence-electron chi connectivity index (χ1n) is 5.49. The van der Waals surface area contributed by atoms with Crippen LogP contribution in [0.15, 0.2) is 24.3 Å². The molecule has 0 unspecified atom stereocenters. The summed E-state index contributed by atoms with van der Waals surface area (Å²) in [6.45, 7) is 3.85.